The maximum atomic E-state index is 11.8. The highest BCUT2D eigenvalue weighted by atomic mass is 16.4. The van der Waals surface area contributed by atoms with Crippen molar-refractivity contribution in [3.63, 3.8) is 0 Å². The Bertz CT molecular complexity index is 330. The lowest BCUT2D eigenvalue weighted by atomic mass is 9.97. The molecule has 0 aromatic carbocycles. The number of likely N-dealkylation sites (tertiary alicyclic amines) is 1. The van der Waals surface area contributed by atoms with Crippen molar-refractivity contribution < 1.29 is 19.8 Å². The van der Waals surface area contributed by atoms with E-state index in [0.29, 0.717) is 12.5 Å². The summed E-state index contributed by atoms with van der Waals surface area (Å²) in [6.45, 7) is 2.99. The number of nitrogens with one attached hydrogen (secondary N) is 1. The average molecular weight is 287 g/mol. The van der Waals surface area contributed by atoms with Gasteiger partial charge in [0.25, 0.3) is 0 Å². The van der Waals surface area contributed by atoms with Crippen LogP contribution in [0.5, 0.6) is 0 Å². The SMILES string of the molecule is CN1CCC(CN(C)C(=O)NCC[C@H](O)C(=O)O)CC1. The molecule has 0 bridgehead atoms. The first kappa shape index (κ1) is 16.7. The Hall–Kier alpha value is -1.34. The van der Waals surface area contributed by atoms with Gasteiger partial charge in [-0.15, -0.1) is 0 Å². The number of aliphatic carboxylic acids is 1. The van der Waals surface area contributed by atoms with E-state index < -0.39 is 12.1 Å². The van der Waals surface area contributed by atoms with Gasteiger partial charge in [0, 0.05) is 26.6 Å². The summed E-state index contributed by atoms with van der Waals surface area (Å²) in [6, 6.07) is -0.221. The van der Waals surface area contributed by atoms with Crippen LogP contribution in [0.3, 0.4) is 0 Å². The number of aliphatic hydroxyl groups excluding tert-OH is 1. The average Bonchev–Trinajstić information content (AvgIpc) is 2.40. The number of carbonyl (C=O) groups is 2. The molecular weight excluding hydrogens is 262 g/mol. The molecule has 1 saturated heterocycles. The minimum atomic E-state index is -1.42. The molecule has 1 fully saturated rings. The van der Waals surface area contributed by atoms with Crippen LogP contribution < -0.4 is 5.32 Å². The molecule has 1 aliphatic heterocycles. The number of urea groups is 1. The van der Waals surface area contributed by atoms with Crippen LogP contribution in [0.1, 0.15) is 19.3 Å². The highest BCUT2D eigenvalue weighted by Gasteiger charge is 2.20. The van der Waals surface area contributed by atoms with E-state index >= 15 is 0 Å². The van der Waals surface area contributed by atoms with Gasteiger partial charge in [0.15, 0.2) is 6.10 Å². The molecule has 3 N–H and O–H groups in total. The van der Waals surface area contributed by atoms with E-state index in [4.69, 9.17) is 10.2 Å². The molecule has 0 aromatic rings. The predicted molar refractivity (Wildman–Crippen MR) is 74.5 cm³/mol. The van der Waals surface area contributed by atoms with Crippen LogP contribution in [0.4, 0.5) is 4.79 Å². The van der Waals surface area contributed by atoms with Crippen LogP contribution in [0.2, 0.25) is 0 Å². The predicted octanol–water partition coefficient (Wildman–Crippen LogP) is -0.195. The molecular formula is C13H25N3O4. The number of carbonyl (C=O) groups excluding carboxylic acids is 1. The van der Waals surface area contributed by atoms with Crippen molar-refractivity contribution in [3.05, 3.63) is 0 Å². The molecule has 0 radical (unpaired) electrons. The summed E-state index contributed by atoms with van der Waals surface area (Å²) < 4.78 is 0. The molecule has 2 amide bonds. The van der Waals surface area contributed by atoms with Gasteiger partial charge in [-0.3, -0.25) is 0 Å². The van der Waals surface area contributed by atoms with Crippen molar-refractivity contribution >= 4 is 12.0 Å². The highest BCUT2D eigenvalue weighted by molar-refractivity contribution is 5.74. The van der Waals surface area contributed by atoms with Crippen molar-refractivity contribution in [3.8, 4) is 0 Å². The van der Waals surface area contributed by atoms with Crippen molar-refractivity contribution in [2.24, 2.45) is 5.92 Å². The van der Waals surface area contributed by atoms with Gasteiger partial charge in [-0.2, -0.15) is 0 Å². The van der Waals surface area contributed by atoms with E-state index in [0.717, 1.165) is 25.9 Å². The molecule has 7 heteroatoms. The quantitative estimate of drug-likeness (QED) is 0.629. The molecule has 0 aliphatic carbocycles. The van der Waals surface area contributed by atoms with Crippen molar-refractivity contribution in [1.82, 2.24) is 15.1 Å². The standard InChI is InChI=1S/C13H25N3O4/c1-15-7-4-10(5-8-15)9-16(2)13(20)14-6-3-11(17)12(18)19/h10-11,17H,3-9H2,1-2H3,(H,14,20)(H,18,19)/t11-/m0/s1. The number of rotatable bonds is 6. The summed E-state index contributed by atoms with van der Waals surface area (Å²) in [5.74, 6) is -0.745. The normalized spacial score (nSPS) is 18.6. The van der Waals surface area contributed by atoms with Gasteiger partial charge in [-0.05, 0) is 38.9 Å². The third-order valence-corrected chi connectivity index (χ3v) is 3.70. The van der Waals surface area contributed by atoms with E-state index in [1.54, 1.807) is 11.9 Å². The van der Waals surface area contributed by atoms with Gasteiger partial charge in [0.1, 0.15) is 0 Å². The first-order valence-corrected chi connectivity index (χ1v) is 6.98. The maximum absolute atomic E-state index is 11.8. The second kappa shape index (κ2) is 8.06. The van der Waals surface area contributed by atoms with Crippen LogP contribution >= 0.6 is 0 Å². The fourth-order valence-electron chi connectivity index (χ4n) is 2.29. The zero-order valence-electron chi connectivity index (χ0n) is 12.2. The fraction of sp³-hybridized carbons (Fsp3) is 0.846. The molecule has 1 aliphatic rings. The topological polar surface area (TPSA) is 93.1 Å². The maximum Gasteiger partial charge on any atom is 0.332 e. The first-order chi connectivity index (χ1) is 9.40. The van der Waals surface area contributed by atoms with Crippen molar-refractivity contribution in [2.45, 2.75) is 25.4 Å². The van der Waals surface area contributed by atoms with Gasteiger partial charge in [0.05, 0.1) is 0 Å². The summed E-state index contributed by atoms with van der Waals surface area (Å²) >= 11 is 0. The second-order valence-corrected chi connectivity index (χ2v) is 5.50. The Morgan fingerprint density at radius 2 is 2.00 bits per heavy atom. The molecule has 7 nitrogen and oxygen atoms in total. The van der Waals surface area contributed by atoms with E-state index in [2.05, 4.69) is 17.3 Å². The molecule has 1 heterocycles. The van der Waals surface area contributed by atoms with Crippen LogP contribution in [-0.4, -0.2) is 78.4 Å². The lowest BCUT2D eigenvalue weighted by Crippen LogP contribution is -2.43. The van der Waals surface area contributed by atoms with Gasteiger partial charge < -0.3 is 25.3 Å². The van der Waals surface area contributed by atoms with Crippen LogP contribution in [0.15, 0.2) is 0 Å². The molecule has 0 spiro atoms. The van der Waals surface area contributed by atoms with Crippen LogP contribution in [0, 0.1) is 5.92 Å². The second-order valence-electron chi connectivity index (χ2n) is 5.50. The summed E-state index contributed by atoms with van der Waals surface area (Å²) in [5.41, 5.74) is 0. The summed E-state index contributed by atoms with van der Waals surface area (Å²) in [5, 5.41) is 20.2. The number of carboxylic acids is 1. The van der Waals surface area contributed by atoms with E-state index in [1.165, 1.54) is 0 Å². The summed E-state index contributed by atoms with van der Waals surface area (Å²) in [4.78, 5) is 26.1. The van der Waals surface area contributed by atoms with Crippen molar-refractivity contribution in [2.75, 3.05) is 40.3 Å². The van der Waals surface area contributed by atoms with Gasteiger partial charge in [0.2, 0.25) is 0 Å². The zero-order valence-corrected chi connectivity index (χ0v) is 12.2. The smallest absolute Gasteiger partial charge is 0.332 e. The summed E-state index contributed by atoms with van der Waals surface area (Å²) in [6.07, 6.45) is 0.774. The van der Waals surface area contributed by atoms with E-state index in [1.807, 2.05) is 0 Å². The molecule has 0 aromatic heterocycles. The fourth-order valence-corrected chi connectivity index (χ4v) is 2.29. The minimum Gasteiger partial charge on any atom is -0.479 e. The first-order valence-electron chi connectivity index (χ1n) is 6.98. The molecule has 20 heavy (non-hydrogen) atoms. The highest BCUT2D eigenvalue weighted by Crippen LogP contribution is 2.16. The van der Waals surface area contributed by atoms with Gasteiger partial charge in [-0.1, -0.05) is 0 Å². The minimum absolute atomic E-state index is 0.0170. The van der Waals surface area contributed by atoms with Crippen LogP contribution in [-0.2, 0) is 4.79 Å². The van der Waals surface area contributed by atoms with E-state index in [9.17, 15) is 9.59 Å². The summed E-state index contributed by atoms with van der Waals surface area (Å²) in [7, 11) is 3.83. The number of aliphatic hydroxyl groups is 1. The lowest BCUT2D eigenvalue weighted by molar-refractivity contribution is -0.146. The Balaban J connectivity index is 2.20. The molecule has 1 rings (SSSR count). The Labute approximate surface area is 119 Å². The van der Waals surface area contributed by atoms with E-state index in [-0.39, 0.29) is 19.0 Å². The molecule has 0 saturated carbocycles. The van der Waals surface area contributed by atoms with Gasteiger partial charge >= 0.3 is 12.0 Å². The Morgan fingerprint density at radius 3 is 2.55 bits per heavy atom. The molecule has 0 unspecified atom stereocenters. The lowest BCUT2D eigenvalue weighted by Gasteiger charge is -2.31. The monoisotopic (exact) mass is 287 g/mol. The Morgan fingerprint density at radius 1 is 1.40 bits per heavy atom. The number of hydrogen-bond acceptors (Lipinski definition) is 4. The third-order valence-electron chi connectivity index (χ3n) is 3.70. The number of piperidine rings is 1. The Kier molecular flexibility index (Phi) is 6.74. The van der Waals surface area contributed by atoms with Crippen molar-refractivity contribution in [1.29, 1.82) is 0 Å². The number of amides is 2. The van der Waals surface area contributed by atoms with Crippen LogP contribution in [0.25, 0.3) is 0 Å². The zero-order chi connectivity index (χ0) is 15.1. The molecule has 1 atom stereocenters. The number of nitrogens with zero attached hydrogens (tertiary/aromatic N) is 2. The molecule has 116 valence electrons. The third kappa shape index (κ3) is 5.75. The van der Waals surface area contributed by atoms with Gasteiger partial charge in [-0.25, -0.2) is 9.59 Å². The number of hydrogen-bond donors (Lipinski definition) is 3. The number of carboxylic acid groups (broad SMARTS) is 1. The largest absolute Gasteiger partial charge is 0.479 e.